The van der Waals surface area contributed by atoms with Gasteiger partial charge in [0, 0.05) is 52.4 Å². The number of unbranched alkanes of at least 4 members (excludes halogenated alkanes) is 26. The Kier molecular flexibility index (Phi) is 38.4. The molecule has 4 nitrogen and oxygen atoms in total. The van der Waals surface area contributed by atoms with E-state index in [1.54, 1.807) is 0 Å². The van der Waals surface area contributed by atoms with Gasteiger partial charge in [0.15, 0.2) is 0 Å². The Morgan fingerprint density at radius 2 is 0.923 bits per heavy atom. The minimum absolute atomic E-state index is 0.855. The predicted octanol–water partition coefficient (Wildman–Crippen LogP) is 14.1. The predicted molar refractivity (Wildman–Crippen MR) is 236 cm³/mol. The molecule has 0 aliphatic carbocycles. The Morgan fingerprint density at radius 1 is 0.481 bits per heavy atom. The molecule has 1 saturated heterocycles. The molecule has 1 N–H and O–H groups in total. The van der Waals surface area contributed by atoms with E-state index < -0.39 is 0 Å². The second-order valence-corrected chi connectivity index (χ2v) is 17.1. The van der Waals surface area contributed by atoms with Crippen LogP contribution in [0, 0.1) is 5.92 Å². The zero-order valence-corrected chi connectivity index (χ0v) is 36.6. The Balaban J connectivity index is 2.22. The lowest BCUT2D eigenvalue weighted by atomic mass is 9.98. The molecule has 1 atom stereocenters. The van der Waals surface area contributed by atoms with E-state index in [1.807, 2.05) is 0 Å². The third-order valence-corrected chi connectivity index (χ3v) is 11.9. The summed E-state index contributed by atoms with van der Waals surface area (Å²) in [6.07, 6.45) is 50.0. The first-order chi connectivity index (χ1) is 25.7. The number of hydrogen-bond donors (Lipinski definition) is 1. The maximum atomic E-state index is 3.76. The number of piperazine rings is 1. The summed E-state index contributed by atoms with van der Waals surface area (Å²) in [5.74, 6) is 0.855. The van der Waals surface area contributed by atoms with Crippen molar-refractivity contribution < 1.29 is 0 Å². The van der Waals surface area contributed by atoms with Crippen LogP contribution < -0.4 is 5.32 Å². The van der Waals surface area contributed by atoms with Crippen LogP contribution in [0.5, 0.6) is 0 Å². The first-order valence-corrected chi connectivity index (χ1v) is 24.3. The normalized spacial score (nSPS) is 15.1. The summed E-state index contributed by atoms with van der Waals surface area (Å²) < 4.78 is 0. The fourth-order valence-corrected chi connectivity index (χ4v) is 8.09. The van der Waals surface area contributed by atoms with Crippen molar-refractivity contribution in [2.45, 2.75) is 233 Å². The molecule has 0 aromatic rings. The molecule has 0 saturated carbocycles. The summed E-state index contributed by atoms with van der Waals surface area (Å²) in [6, 6.07) is 0. The van der Waals surface area contributed by atoms with Crippen LogP contribution in [0.1, 0.15) is 233 Å². The number of nitrogens with one attached hydrogen (secondary N) is 1. The minimum atomic E-state index is 0.855. The number of rotatable bonds is 41. The smallest absolute Gasteiger partial charge is 0.0261 e. The largest absolute Gasteiger partial charge is 0.315 e. The molecule has 0 aromatic heterocycles. The molecular formula is C48H98N4. The minimum Gasteiger partial charge on any atom is -0.315 e. The van der Waals surface area contributed by atoms with E-state index in [0.717, 1.165) is 12.5 Å². The zero-order valence-electron chi connectivity index (χ0n) is 36.6. The average molecular weight is 731 g/mol. The standard InChI is InChI=1S/C48H98N4/c1-5-8-11-14-17-19-21-24-29-34-39-49-40-43-50-44-46-52(47-45-50)51(41-35-30-25-22-20-18-15-12-9-6-2)42-36-31-26-23-28-33-38-48(4)37-32-27-16-13-10-7-3/h27,32,48-49H,5-26,28-31,33-47H2,1-4H3/b32-27-. The van der Waals surface area contributed by atoms with Crippen LogP contribution in [-0.4, -0.2) is 73.8 Å². The van der Waals surface area contributed by atoms with Crippen molar-refractivity contribution in [3.63, 3.8) is 0 Å². The maximum Gasteiger partial charge on any atom is 0.0261 e. The van der Waals surface area contributed by atoms with Gasteiger partial charge in [-0.1, -0.05) is 207 Å². The van der Waals surface area contributed by atoms with Crippen molar-refractivity contribution in [3.8, 4) is 0 Å². The van der Waals surface area contributed by atoms with Crippen LogP contribution >= 0.6 is 0 Å². The van der Waals surface area contributed by atoms with Crippen molar-refractivity contribution in [3.05, 3.63) is 12.2 Å². The number of hydrazine groups is 1. The van der Waals surface area contributed by atoms with Crippen LogP contribution in [0.4, 0.5) is 0 Å². The van der Waals surface area contributed by atoms with Gasteiger partial charge in [0.1, 0.15) is 0 Å². The molecule has 1 rings (SSSR count). The molecule has 52 heavy (non-hydrogen) atoms. The van der Waals surface area contributed by atoms with E-state index in [4.69, 9.17) is 0 Å². The van der Waals surface area contributed by atoms with Gasteiger partial charge < -0.3 is 5.32 Å². The lowest BCUT2D eigenvalue weighted by Crippen LogP contribution is -2.54. The molecule has 4 heteroatoms. The topological polar surface area (TPSA) is 21.8 Å². The number of hydrogen-bond acceptors (Lipinski definition) is 4. The van der Waals surface area contributed by atoms with Crippen molar-refractivity contribution >= 4 is 0 Å². The van der Waals surface area contributed by atoms with E-state index in [1.165, 1.54) is 258 Å². The van der Waals surface area contributed by atoms with Gasteiger partial charge in [0.25, 0.3) is 0 Å². The van der Waals surface area contributed by atoms with Gasteiger partial charge in [-0.3, -0.25) is 4.90 Å². The third-order valence-electron chi connectivity index (χ3n) is 11.9. The first kappa shape index (κ1) is 49.6. The van der Waals surface area contributed by atoms with Crippen LogP contribution in [0.3, 0.4) is 0 Å². The highest BCUT2D eigenvalue weighted by atomic mass is 15.6. The Morgan fingerprint density at radius 3 is 1.44 bits per heavy atom. The summed E-state index contributed by atoms with van der Waals surface area (Å²) in [6.45, 7) is 20.4. The van der Waals surface area contributed by atoms with E-state index >= 15 is 0 Å². The quantitative estimate of drug-likeness (QED) is 0.0499. The van der Waals surface area contributed by atoms with E-state index in [0.29, 0.717) is 0 Å². The molecule has 0 aromatic carbocycles. The second kappa shape index (κ2) is 40.2. The van der Waals surface area contributed by atoms with Crippen molar-refractivity contribution in [1.29, 1.82) is 0 Å². The van der Waals surface area contributed by atoms with Crippen molar-refractivity contribution in [1.82, 2.24) is 20.2 Å². The Bertz CT molecular complexity index is 702. The molecule has 1 fully saturated rings. The van der Waals surface area contributed by atoms with Gasteiger partial charge in [-0.05, 0) is 51.0 Å². The van der Waals surface area contributed by atoms with Crippen molar-refractivity contribution in [2.24, 2.45) is 5.92 Å². The van der Waals surface area contributed by atoms with Gasteiger partial charge in [0.2, 0.25) is 0 Å². The molecule has 0 amide bonds. The monoisotopic (exact) mass is 731 g/mol. The van der Waals surface area contributed by atoms with Gasteiger partial charge in [-0.25, -0.2) is 10.0 Å². The average Bonchev–Trinajstić information content (AvgIpc) is 3.16. The molecular weight excluding hydrogens is 633 g/mol. The van der Waals surface area contributed by atoms with E-state index in [9.17, 15) is 0 Å². The molecule has 1 aliphatic rings. The highest BCUT2D eigenvalue weighted by Gasteiger charge is 2.21. The van der Waals surface area contributed by atoms with Crippen LogP contribution in [0.15, 0.2) is 12.2 Å². The summed E-state index contributed by atoms with van der Waals surface area (Å²) in [7, 11) is 0. The summed E-state index contributed by atoms with van der Waals surface area (Å²) in [5.41, 5.74) is 0. The van der Waals surface area contributed by atoms with Gasteiger partial charge in [-0.15, -0.1) is 0 Å². The zero-order chi connectivity index (χ0) is 37.4. The molecule has 1 heterocycles. The SMILES string of the molecule is CCCCC/C=C\CC(C)CCCCCCCCN(CCCCCCCCCCCC)N1CCN(CCNCCCCCCCCCCCC)CC1. The third kappa shape index (κ3) is 33.0. The van der Waals surface area contributed by atoms with Gasteiger partial charge in [-0.2, -0.15) is 0 Å². The lowest BCUT2D eigenvalue weighted by Gasteiger charge is -2.41. The number of allylic oxidation sites excluding steroid dienone is 2. The van der Waals surface area contributed by atoms with Crippen LogP contribution in [-0.2, 0) is 0 Å². The Labute approximate surface area is 329 Å². The van der Waals surface area contributed by atoms with Crippen molar-refractivity contribution in [2.75, 3.05) is 58.9 Å². The number of nitrogens with zero attached hydrogens (tertiary/aromatic N) is 3. The van der Waals surface area contributed by atoms with Crippen LogP contribution in [0.2, 0.25) is 0 Å². The van der Waals surface area contributed by atoms with Gasteiger partial charge in [0.05, 0.1) is 0 Å². The van der Waals surface area contributed by atoms with Gasteiger partial charge >= 0.3 is 0 Å². The fourth-order valence-electron chi connectivity index (χ4n) is 8.09. The maximum absolute atomic E-state index is 3.76. The Hall–Kier alpha value is -0.420. The summed E-state index contributed by atoms with van der Waals surface area (Å²) >= 11 is 0. The molecule has 310 valence electrons. The molecule has 1 aliphatic heterocycles. The molecule has 0 bridgehead atoms. The first-order valence-electron chi connectivity index (χ1n) is 24.3. The lowest BCUT2D eigenvalue weighted by molar-refractivity contribution is -0.0591. The molecule has 0 spiro atoms. The highest BCUT2D eigenvalue weighted by molar-refractivity contribution is 4.83. The molecule has 0 radical (unpaired) electrons. The summed E-state index contributed by atoms with van der Waals surface area (Å²) in [5, 5.41) is 9.30. The fraction of sp³-hybridized carbons (Fsp3) is 0.958. The molecule has 1 unspecified atom stereocenters. The van der Waals surface area contributed by atoms with E-state index in [-0.39, 0.29) is 0 Å². The summed E-state index contributed by atoms with van der Waals surface area (Å²) in [4.78, 5) is 2.71. The van der Waals surface area contributed by atoms with E-state index in [2.05, 4.69) is 60.1 Å². The van der Waals surface area contributed by atoms with Crippen LogP contribution in [0.25, 0.3) is 0 Å². The highest BCUT2D eigenvalue weighted by Crippen LogP contribution is 2.17. The second-order valence-electron chi connectivity index (χ2n) is 17.1.